The molecule has 1 saturated heterocycles. The predicted molar refractivity (Wildman–Crippen MR) is 122 cm³/mol. The third-order valence-electron chi connectivity index (χ3n) is 5.65. The lowest BCUT2D eigenvalue weighted by molar-refractivity contribution is -0.117. The summed E-state index contributed by atoms with van der Waals surface area (Å²) in [4.78, 5) is 21.6. The number of benzene rings is 2. The van der Waals surface area contributed by atoms with Gasteiger partial charge in [-0.05, 0) is 54.5 Å². The molecule has 1 unspecified atom stereocenters. The van der Waals surface area contributed by atoms with E-state index in [2.05, 4.69) is 42.9 Å². The summed E-state index contributed by atoms with van der Waals surface area (Å²) in [5.41, 5.74) is 8.74. The third-order valence-corrected chi connectivity index (χ3v) is 6.15. The van der Waals surface area contributed by atoms with Crippen molar-refractivity contribution in [3.05, 3.63) is 87.5 Å². The number of rotatable bonds is 7. The first-order chi connectivity index (χ1) is 15.0. The average Bonchev–Trinajstić information content (AvgIpc) is 3.23. The Kier molecular flexibility index (Phi) is 6.61. The second-order valence-corrected chi connectivity index (χ2v) is 8.74. The summed E-state index contributed by atoms with van der Waals surface area (Å²) in [6.45, 7) is 0.770. The van der Waals surface area contributed by atoms with Crippen molar-refractivity contribution in [3.8, 4) is 0 Å². The monoisotopic (exact) mass is 482 g/mol. The molecule has 1 aliphatic rings. The number of hydrogen-bond acceptors (Lipinski definition) is 4. The van der Waals surface area contributed by atoms with Gasteiger partial charge in [-0.25, -0.2) is 14.4 Å². The lowest BCUT2D eigenvalue weighted by Crippen LogP contribution is -2.25. The fourth-order valence-corrected chi connectivity index (χ4v) is 4.56. The van der Waals surface area contributed by atoms with E-state index in [1.807, 2.05) is 36.4 Å². The highest BCUT2D eigenvalue weighted by Crippen LogP contribution is 2.37. The molecule has 1 amide bonds. The highest BCUT2D eigenvalue weighted by Gasteiger charge is 2.30. The van der Waals surface area contributed by atoms with Crippen LogP contribution >= 0.6 is 15.9 Å². The Labute approximate surface area is 189 Å². The largest absolute Gasteiger partial charge is 0.369 e. The molecule has 31 heavy (non-hydrogen) atoms. The van der Waals surface area contributed by atoms with E-state index in [1.165, 1.54) is 6.33 Å². The van der Waals surface area contributed by atoms with Gasteiger partial charge in [0, 0.05) is 11.0 Å². The number of aromatic nitrogens is 2. The molecule has 1 atom stereocenters. The maximum absolute atomic E-state index is 15.4. The van der Waals surface area contributed by atoms with Gasteiger partial charge in [0.2, 0.25) is 5.91 Å². The van der Waals surface area contributed by atoms with Gasteiger partial charge < -0.3 is 10.6 Å². The van der Waals surface area contributed by atoms with E-state index in [9.17, 15) is 4.79 Å². The molecule has 2 N–H and O–H groups in total. The topological polar surface area (TPSA) is 72.1 Å². The number of primary amides is 1. The van der Waals surface area contributed by atoms with Gasteiger partial charge in [-0.3, -0.25) is 4.79 Å². The molecule has 1 aliphatic heterocycles. The fraction of sp³-hybridized carbons (Fsp3) is 0.292. The van der Waals surface area contributed by atoms with Crippen molar-refractivity contribution in [2.75, 3.05) is 11.4 Å². The molecule has 2 heterocycles. The van der Waals surface area contributed by atoms with E-state index in [1.54, 1.807) is 0 Å². The number of amides is 1. The van der Waals surface area contributed by atoms with Crippen LogP contribution in [0.1, 0.15) is 41.3 Å². The van der Waals surface area contributed by atoms with Crippen LogP contribution < -0.4 is 10.6 Å². The van der Waals surface area contributed by atoms with Crippen LogP contribution in [0.25, 0.3) is 0 Å². The van der Waals surface area contributed by atoms with E-state index >= 15 is 4.39 Å². The zero-order chi connectivity index (χ0) is 21.8. The molecule has 0 saturated carbocycles. The van der Waals surface area contributed by atoms with E-state index in [0.29, 0.717) is 24.4 Å². The van der Waals surface area contributed by atoms with Crippen molar-refractivity contribution in [1.82, 2.24) is 9.97 Å². The predicted octanol–water partition coefficient (Wildman–Crippen LogP) is 4.53. The third kappa shape index (κ3) is 5.10. The van der Waals surface area contributed by atoms with Gasteiger partial charge in [0.05, 0.1) is 18.2 Å². The highest BCUT2D eigenvalue weighted by molar-refractivity contribution is 9.10. The molecular formula is C24H24BrFN4O. The van der Waals surface area contributed by atoms with Crippen molar-refractivity contribution >= 4 is 27.7 Å². The Morgan fingerprint density at radius 3 is 2.65 bits per heavy atom. The smallest absolute Gasteiger partial charge is 0.221 e. The Balaban J connectivity index is 1.49. The van der Waals surface area contributed by atoms with E-state index in [4.69, 9.17) is 5.73 Å². The maximum Gasteiger partial charge on any atom is 0.221 e. The molecule has 160 valence electrons. The van der Waals surface area contributed by atoms with Crippen LogP contribution in [0.15, 0.2) is 59.3 Å². The normalized spacial score (nSPS) is 15.9. The van der Waals surface area contributed by atoms with Crippen molar-refractivity contribution in [2.45, 2.75) is 38.1 Å². The first-order valence-corrected chi connectivity index (χ1v) is 11.2. The molecule has 0 spiro atoms. The second kappa shape index (κ2) is 9.56. The minimum atomic E-state index is -0.355. The molecule has 1 aromatic heterocycles. The number of carbonyl (C=O) groups is 1. The number of anilines is 1. The number of nitrogens with two attached hydrogens (primary N) is 1. The minimum absolute atomic E-state index is 0.104. The first-order valence-electron chi connectivity index (χ1n) is 10.4. The van der Waals surface area contributed by atoms with Crippen molar-refractivity contribution in [2.24, 2.45) is 5.73 Å². The van der Waals surface area contributed by atoms with Crippen LogP contribution in [0.3, 0.4) is 0 Å². The van der Waals surface area contributed by atoms with Crippen LogP contribution in [-0.4, -0.2) is 22.4 Å². The molecule has 1 fully saturated rings. The van der Waals surface area contributed by atoms with Gasteiger partial charge in [-0.1, -0.05) is 52.3 Å². The SMILES string of the molecule is NC(=O)Cc1ccc(CCc2ncnc(N3CCCC3c3cccc(Br)c3)c2F)cc1. The second-order valence-electron chi connectivity index (χ2n) is 7.82. The van der Waals surface area contributed by atoms with Crippen LogP contribution in [0.4, 0.5) is 10.2 Å². The minimum Gasteiger partial charge on any atom is -0.369 e. The van der Waals surface area contributed by atoms with Gasteiger partial charge in [0.25, 0.3) is 0 Å². The van der Waals surface area contributed by atoms with Gasteiger partial charge in [0.15, 0.2) is 11.6 Å². The van der Waals surface area contributed by atoms with Gasteiger partial charge in [-0.2, -0.15) is 0 Å². The number of halogens is 2. The van der Waals surface area contributed by atoms with Crippen molar-refractivity contribution in [1.29, 1.82) is 0 Å². The summed E-state index contributed by atoms with van der Waals surface area (Å²) in [6.07, 6.45) is 4.77. The van der Waals surface area contributed by atoms with E-state index in [0.717, 1.165) is 40.5 Å². The standard InChI is InChI=1S/C24H24BrFN4O/c25-19-4-1-3-18(14-19)21-5-2-12-30(21)24-23(26)20(28-15-29-24)11-10-16-6-8-17(9-7-16)13-22(27)31/h1,3-4,6-9,14-15,21H,2,5,10-13H2,(H2,27,31). The lowest BCUT2D eigenvalue weighted by Gasteiger charge is -2.27. The Morgan fingerprint density at radius 2 is 1.90 bits per heavy atom. The van der Waals surface area contributed by atoms with Gasteiger partial charge in [0.1, 0.15) is 6.33 Å². The van der Waals surface area contributed by atoms with Crippen LogP contribution in [0, 0.1) is 5.82 Å². The summed E-state index contributed by atoms with van der Waals surface area (Å²) in [6, 6.07) is 15.9. The summed E-state index contributed by atoms with van der Waals surface area (Å²) >= 11 is 3.53. The molecule has 5 nitrogen and oxygen atoms in total. The maximum atomic E-state index is 15.4. The summed E-state index contributed by atoms with van der Waals surface area (Å²) < 4.78 is 16.4. The van der Waals surface area contributed by atoms with Crippen LogP contribution in [0.5, 0.6) is 0 Å². The number of carbonyl (C=O) groups excluding carboxylic acids is 1. The fourth-order valence-electron chi connectivity index (χ4n) is 4.14. The van der Waals surface area contributed by atoms with Crippen LogP contribution in [0.2, 0.25) is 0 Å². The molecule has 3 aromatic rings. The molecule has 4 rings (SSSR count). The zero-order valence-corrected chi connectivity index (χ0v) is 18.7. The van der Waals surface area contributed by atoms with E-state index in [-0.39, 0.29) is 24.2 Å². The number of hydrogen-bond donors (Lipinski definition) is 1. The Hall–Kier alpha value is -2.80. The van der Waals surface area contributed by atoms with Crippen molar-refractivity contribution < 1.29 is 9.18 Å². The summed E-state index contributed by atoms with van der Waals surface area (Å²) in [5.74, 6) is -0.314. The highest BCUT2D eigenvalue weighted by atomic mass is 79.9. The molecule has 0 bridgehead atoms. The number of nitrogens with zero attached hydrogens (tertiary/aromatic N) is 3. The summed E-state index contributed by atoms with van der Waals surface area (Å²) in [7, 11) is 0. The average molecular weight is 483 g/mol. The molecular weight excluding hydrogens is 459 g/mol. The van der Waals surface area contributed by atoms with Gasteiger partial charge in [-0.15, -0.1) is 0 Å². The Morgan fingerprint density at radius 1 is 1.13 bits per heavy atom. The molecule has 2 aromatic carbocycles. The summed E-state index contributed by atoms with van der Waals surface area (Å²) in [5, 5.41) is 0. The first kappa shape index (κ1) is 21.4. The molecule has 0 aliphatic carbocycles. The Bertz CT molecular complexity index is 1070. The molecule has 7 heteroatoms. The van der Waals surface area contributed by atoms with Gasteiger partial charge >= 0.3 is 0 Å². The quantitative estimate of drug-likeness (QED) is 0.536. The van der Waals surface area contributed by atoms with Crippen molar-refractivity contribution in [3.63, 3.8) is 0 Å². The zero-order valence-electron chi connectivity index (χ0n) is 17.1. The lowest BCUT2D eigenvalue weighted by atomic mass is 10.0. The van der Waals surface area contributed by atoms with Crippen LogP contribution in [-0.2, 0) is 24.1 Å². The number of aryl methyl sites for hydroxylation is 2. The molecule has 0 radical (unpaired) electrons. The van der Waals surface area contributed by atoms with E-state index < -0.39 is 0 Å².